The summed E-state index contributed by atoms with van der Waals surface area (Å²) in [4.78, 5) is 40.4. The molecule has 4 fully saturated rings. The fourth-order valence-corrected chi connectivity index (χ4v) is 6.30. The third-order valence-corrected chi connectivity index (χ3v) is 8.51. The molecule has 2 spiro atoms. The van der Waals surface area contributed by atoms with Crippen LogP contribution in [0.1, 0.15) is 63.4 Å². The Labute approximate surface area is 228 Å². The number of likely N-dealkylation sites (tertiary alicyclic amines) is 1. The number of halogens is 1. The van der Waals surface area contributed by atoms with Crippen LogP contribution < -0.4 is 10.6 Å². The number of rotatable bonds is 6. The minimum atomic E-state index is -0.946. The first-order valence-electron chi connectivity index (χ1n) is 13.4. The highest BCUT2D eigenvalue weighted by Crippen LogP contribution is 2.47. The summed E-state index contributed by atoms with van der Waals surface area (Å²) in [5, 5.41) is 16.1. The van der Waals surface area contributed by atoms with E-state index in [4.69, 9.17) is 16.3 Å². The maximum absolute atomic E-state index is 13.4. The van der Waals surface area contributed by atoms with E-state index < -0.39 is 18.2 Å². The van der Waals surface area contributed by atoms with Crippen LogP contribution in [0.3, 0.4) is 0 Å². The Bertz CT molecular complexity index is 1210. The van der Waals surface area contributed by atoms with Crippen molar-refractivity contribution in [1.82, 2.24) is 15.5 Å². The third kappa shape index (κ3) is 5.88. The van der Waals surface area contributed by atoms with E-state index in [1.807, 2.05) is 24.3 Å². The van der Waals surface area contributed by atoms with Crippen molar-refractivity contribution in [2.24, 2.45) is 5.41 Å². The minimum Gasteiger partial charge on any atom is -0.445 e. The van der Waals surface area contributed by atoms with Crippen LogP contribution in [0.2, 0.25) is 5.02 Å². The van der Waals surface area contributed by atoms with E-state index in [2.05, 4.69) is 16.7 Å². The van der Waals surface area contributed by atoms with Crippen molar-refractivity contribution in [2.45, 2.75) is 75.4 Å². The van der Waals surface area contributed by atoms with E-state index in [9.17, 15) is 19.6 Å². The van der Waals surface area contributed by atoms with Crippen molar-refractivity contribution < 1.29 is 19.1 Å². The lowest BCUT2D eigenvalue weighted by molar-refractivity contribution is -0.125. The van der Waals surface area contributed by atoms with Crippen molar-refractivity contribution in [2.75, 3.05) is 13.2 Å². The highest BCUT2D eigenvalue weighted by atomic mass is 35.5. The van der Waals surface area contributed by atoms with E-state index in [0.29, 0.717) is 30.0 Å². The SMILES string of the molecule is N#C[C@H](/C=C1\CC2(CC2)NC1=O)NC(=O)[C@@H]1CC2(CCCCC2)CN1C(=O)OC/C=C/c1cccc(Cl)c1. The molecule has 2 N–H and O–H groups in total. The van der Waals surface area contributed by atoms with Crippen LogP contribution in [-0.2, 0) is 14.3 Å². The topological polar surface area (TPSA) is 112 Å². The van der Waals surface area contributed by atoms with Crippen LogP contribution >= 0.6 is 11.6 Å². The van der Waals surface area contributed by atoms with Gasteiger partial charge in [0.2, 0.25) is 11.8 Å². The first-order valence-corrected chi connectivity index (χ1v) is 13.8. The average molecular weight is 537 g/mol. The molecule has 8 nitrogen and oxygen atoms in total. The predicted molar refractivity (Wildman–Crippen MR) is 143 cm³/mol. The van der Waals surface area contributed by atoms with Crippen LogP contribution in [-0.4, -0.2) is 53.6 Å². The van der Waals surface area contributed by atoms with Crippen LogP contribution in [0.25, 0.3) is 6.08 Å². The van der Waals surface area contributed by atoms with Crippen molar-refractivity contribution in [3.05, 3.63) is 52.6 Å². The van der Waals surface area contributed by atoms with Gasteiger partial charge < -0.3 is 15.4 Å². The molecule has 0 unspecified atom stereocenters. The number of ether oxygens (including phenoxy) is 1. The normalized spacial score (nSPS) is 24.9. The fraction of sp³-hybridized carbons (Fsp3) is 0.517. The molecule has 2 atom stereocenters. The second-order valence-electron chi connectivity index (χ2n) is 11.2. The number of hydrogen-bond acceptors (Lipinski definition) is 5. The van der Waals surface area contributed by atoms with Gasteiger partial charge in [-0.15, -0.1) is 0 Å². The standard InChI is InChI=1S/C29H33ClN4O4/c30-22-8-4-6-20(14-22)7-5-13-38-27(37)34-19-28(9-2-1-3-10-28)17-24(34)26(36)32-23(18-31)15-21-16-29(11-12-29)33-25(21)35/h4-8,14-15,23-24H,1-3,9-13,16-17,19H2,(H,32,36)(H,33,35)/b7-5+,21-15+/t23-,24-/m0/s1. The molecule has 0 bridgehead atoms. The van der Waals surface area contributed by atoms with Crippen molar-refractivity contribution in [1.29, 1.82) is 5.26 Å². The number of hydrogen-bond donors (Lipinski definition) is 2. The highest BCUT2D eigenvalue weighted by molar-refractivity contribution is 6.30. The highest BCUT2D eigenvalue weighted by Gasteiger charge is 2.51. The summed E-state index contributed by atoms with van der Waals surface area (Å²) >= 11 is 6.02. The van der Waals surface area contributed by atoms with Crippen LogP contribution in [0.4, 0.5) is 4.79 Å². The second kappa shape index (κ2) is 10.8. The summed E-state index contributed by atoms with van der Waals surface area (Å²) < 4.78 is 5.53. The smallest absolute Gasteiger partial charge is 0.410 e. The number of amides is 3. The number of nitriles is 1. The van der Waals surface area contributed by atoms with Gasteiger partial charge in [0.05, 0.1) is 6.07 Å². The monoisotopic (exact) mass is 536 g/mol. The molecule has 1 aromatic carbocycles. The van der Waals surface area contributed by atoms with Gasteiger partial charge in [-0.25, -0.2) is 4.79 Å². The van der Waals surface area contributed by atoms with Gasteiger partial charge >= 0.3 is 6.09 Å². The zero-order valence-corrected chi connectivity index (χ0v) is 22.1. The summed E-state index contributed by atoms with van der Waals surface area (Å²) in [5.74, 6) is -0.558. The zero-order chi connectivity index (χ0) is 26.8. The quantitative estimate of drug-likeness (QED) is 0.520. The van der Waals surface area contributed by atoms with Crippen LogP contribution in [0, 0.1) is 16.7 Å². The molecular formula is C29H33ClN4O4. The van der Waals surface area contributed by atoms with Gasteiger partial charge in [-0.1, -0.05) is 49.1 Å². The Balaban J connectivity index is 1.25. The first kappa shape index (κ1) is 26.3. The molecule has 2 heterocycles. The number of nitrogens with one attached hydrogen (secondary N) is 2. The Morgan fingerprint density at radius 3 is 2.74 bits per heavy atom. The van der Waals surface area contributed by atoms with Gasteiger partial charge in [0.25, 0.3) is 0 Å². The van der Waals surface area contributed by atoms with Gasteiger partial charge in [-0.3, -0.25) is 14.5 Å². The van der Waals surface area contributed by atoms with Gasteiger partial charge in [-0.2, -0.15) is 5.26 Å². The summed E-state index contributed by atoms with van der Waals surface area (Å²) in [6, 6.07) is 7.77. The Kier molecular flexibility index (Phi) is 7.49. The molecule has 9 heteroatoms. The largest absolute Gasteiger partial charge is 0.445 e. The van der Waals surface area contributed by atoms with E-state index >= 15 is 0 Å². The maximum atomic E-state index is 13.4. The molecule has 0 radical (unpaired) electrons. The molecule has 2 aliphatic heterocycles. The number of nitrogens with zero attached hydrogens (tertiary/aromatic N) is 2. The van der Waals surface area contributed by atoms with E-state index in [1.54, 1.807) is 18.2 Å². The summed E-state index contributed by atoms with van der Waals surface area (Å²) in [6.07, 6.45) is 12.8. The third-order valence-electron chi connectivity index (χ3n) is 8.28. The lowest BCUT2D eigenvalue weighted by Gasteiger charge is -2.32. The molecule has 38 heavy (non-hydrogen) atoms. The van der Waals surface area contributed by atoms with E-state index in [1.165, 1.54) is 4.90 Å². The molecule has 0 aromatic heterocycles. The molecule has 1 aromatic rings. The number of benzene rings is 1. The molecular weight excluding hydrogens is 504 g/mol. The van der Waals surface area contributed by atoms with Crippen molar-refractivity contribution >= 4 is 35.6 Å². The van der Waals surface area contributed by atoms with Gasteiger partial charge in [0, 0.05) is 29.1 Å². The maximum Gasteiger partial charge on any atom is 0.410 e. The Morgan fingerprint density at radius 2 is 2.05 bits per heavy atom. The zero-order valence-electron chi connectivity index (χ0n) is 21.4. The van der Waals surface area contributed by atoms with E-state index in [-0.39, 0.29) is 29.4 Å². The molecule has 2 saturated carbocycles. The lowest BCUT2D eigenvalue weighted by Crippen LogP contribution is -2.48. The second-order valence-corrected chi connectivity index (χ2v) is 11.6. The molecule has 200 valence electrons. The number of carbonyl (C=O) groups excluding carboxylic acids is 3. The fourth-order valence-electron chi connectivity index (χ4n) is 6.10. The Hall–Kier alpha value is -3.31. The van der Waals surface area contributed by atoms with Crippen LogP contribution in [0.15, 0.2) is 42.0 Å². The molecule has 3 amide bonds. The van der Waals surface area contributed by atoms with Crippen molar-refractivity contribution in [3.63, 3.8) is 0 Å². The molecule has 2 aliphatic carbocycles. The minimum absolute atomic E-state index is 0.0625. The summed E-state index contributed by atoms with van der Waals surface area (Å²) in [5.41, 5.74) is 1.17. The first-order chi connectivity index (χ1) is 18.3. The predicted octanol–water partition coefficient (Wildman–Crippen LogP) is 4.50. The van der Waals surface area contributed by atoms with Gasteiger partial charge in [0.15, 0.2) is 0 Å². The molecule has 4 aliphatic rings. The average Bonchev–Trinajstić information content (AvgIpc) is 3.44. The Morgan fingerprint density at radius 1 is 1.26 bits per heavy atom. The van der Waals surface area contributed by atoms with Gasteiger partial charge in [0.1, 0.15) is 18.7 Å². The molecule has 5 rings (SSSR count). The summed E-state index contributed by atoms with van der Waals surface area (Å²) in [6.45, 7) is 0.526. The number of carbonyl (C=O) groups is 3. The van der Waals surface area contributed by atoms with Gasteiger partial charge in [-0.05, 0) is 67.4 Å². The van der Waals surface area contributed by atoms with E-state index in [0.717, 1.165) is 50.5 Å². The lowest BCUT2D eigenvalue weighted by atomic mass is 9.72. The van der Waals surface area contributed by atoms with Crippen LogP contribution in [0.5, 0.6) is 0 Å². The molecule has 2 saturated heterocycles. The van der Waals surface area contributed by atoms with Crippen molar-refractivity contribution in [3.8, 4) is 6.07 Å². The summed E-state index contributed by atoms with van der Waals surface area (Å²) in [7, 11) is 0.